The maximum atomic E-state index is 11.8. The lowest BCUT2D eigenvalue weighted by molar-refractivity contribution is -0.143. The Labute approximate surface area is 115 Å². The molecule has 112 valence electrons. The van der Waals surface area contributed by atoms with Gasteiger partial charge in [-0.3, -0.25) is 4.79 Å². The monoisotopic (exact) mass is 272 g/mol. The summed E-state index contributed by atoms with van der Waals surface area (Å²) in [5, 5.41) is 11.7. The van der Waals surface area contributed by atoms with Gasteiger partial charge in [0.05, 0.1) is 0 Å². The Hall–Kier alpha value is -1.10. The van der Waals surface area contributed by atoms with Gasteiger partial charge in [-0.1, -0.05) is 41.0 Å². The molecule has 0 fully saturated rings. The standard InChI is InChI=1S/C14H28N2O3/c1-6-9(2)12(13(18)19)16-11(17)7-10(15)8-14(3,4)5/h9-10,12H,6-8,15H2,1-5H3,(H,16,17)(H,18,19). The van der Waals surface area contributed by atoms with Gasteiger partial charge in [-0.25, -0.2) is 4.79 Å². The smallest absolute Gasteiger partial charge is 0.326 e. The summed E-state index contributed by atoms with van der Waals surface area (Å²) in [6.07, 6.45) is 1.59. The third-order valence-corrected chi connectivity index (χ3v) is 3.12. The van der Waals surface area contributed by atoms with Crippen molar-refractivity contribution in [2.24, 2.45) is 17.1 Å². The van der Waals surface area contributed by atoms with E-state index in [0.717, 1.165) is 6.42 Å². The van der Waals surface area contributed by atoms with Gasteiger partial charge >= 0.3 is 5.97 Å². The molecule has 4 N–H and O–H groups in total. The fourth-order valence-electron chi connectivity index (χ4n) is 2.01. The van der Waals surface area contributed by atoms with Gasteiger partial charge in [-0.2, -0.15) is 0 Å². The molecule has 19 heavy (non-hydrogen) atoms. The summed E-state index contributed by atoms with van der Waals surface area (Å²) in [5.41, 5.74) is 5.97. The van der Waals surface area contributed by atoms with E-state index < -0.39 is 12.0 Å². The minimum atomic E-state index is -0.993. The molecule has 0 aromatic rings. The van der Waals surface area contributed by atoms with Crippen LogP contribution in [-0.4, -0.2) is 29.1 Å². The van der Waals surface area contributed by atoms with E-state index in [2.05, 4.69) is 26.1 Å². The third-order valence-electron chi connectivity index (χ3n) is 3.12. The molecule has 0 aromatic heterocycles. The van der Waals surface area contributed by atoms with Crippen molar-refractivity contribution in [3.8, 4) is 0 Å². The Morgan fingerprint density at radius 2 is 1.84 bits per heavy atom. The molecular formula is C14H28N2O3. The van der Waals surface area contributed by atoms with Crippen LogP contribution in [0.25, 0.3) is 0 Å². The molecule has 3 unspecified atom stereocenters. The van der Waals surface area contributed by atoms with Crippen molar-refractivity contribution in [2.75, 3.05) is 0 Å². The highest BCUT2D eigenvalue weighted by Gasteiger charge is 2.26. The summed E-state index contributed by atoms with van der Waals surface area (Å²) in [6, 6.07) is -1.08. The van der Waals surface area contributed by atoms with Gasteiger partial charge < -0.3 is 16.2 Å². The predicted molar refractivity (Wildman–Crippen MR) is 75.7 cm³/mol. The molecule has 0 aliphatic carbocycles. The second-order valence-corrected chi connectivity index (χ2v) is 6.50. The molecule has 0 bridgehead atoms. The summed E-state index contributed by atoms with van der Waals surface area (Å²) < 4.78 is 0. The van der Waals surface area contributed by atoms with Crippen LogP contribution in [0.3, 0.4) is 0 Å². The summed E-state index contributed by atoms with van der Waals surface area (Å²) in [7, 11) is 0. The van der Waals surface area contributed by atoms with E-state index >= 15 is 0 Å². The Bertz CT molecular complexity index is 310. The number of amides is 1. The maximum absolute atomic E-state index is 11.8. The van der Waals surface area contributed by atoms with Crippen molar-refractivity contribution in [3.05, 3.63) is 0 Å². The van der Waals surface area contributed by atoms with Crippen molar-refractivity contribution in [2.45, 2.75) is 66.0 Å². The number of aliphatic carboxylic acids is 1. The third kappa shape index (κ3) is 7.82. The lowest BCUT2D eigenvalue weighted by Gasteiger charge is -2.24. The summed E-state index contributed by atoms with van der Waals surface area (Å²) in [6.45, 7) is 9.89. The van der Waals surface area contributed by atoms with E-state index in [1.807, 2.05) is 13.8 Å². The fourth-order valence-corrected chi connectivity index (χ4v) is 2.01. The van der Waals surface area contributed by atoms with Gasteiger partial charge in [0.2, 0.25) is 5.91 Å². The molecule has 0 aliphatic rings. The van der Waals surface area contributed by atoms with E-state index in [4.69, 9.17) is 10.8 Å². The minimum absolute atomic E-state index is 0.0581. The van der Waals surface area contributed by atoms with Gasteiger partial charge in [0, 0.05) is 12.5 Å². The Morgan fingerprint density at radius 3 is 2.21 bits per heavy atom. The number of carboxylic acid groups (broad SMARTS) is 1. The molecule has 0 saturated heterocycles. The highest BCUT2D eigenvalue weighted by molar-refractivity contribution is 5.84. The van der Waals surface area contributed by atoms with E-state index in [0.29, 0.717) is 6.42 Å². The molecule has 0 saturated carbocycles. The quantitative estimate of drug-likeness (QED) is 0.658. The largest absolute Gasteiger partial charge is 0.480 e. The van der Waals surface area contributed by atoms with Crippen LogP contribution in [0, 0.1) is 11.3 Å². The Balaban J connectivity index is 4.39. The second kappa shape index (κ2) is 7.48. The molecule has 5 nitrogen and oxygen atoms in total. The lowest BCUT2D eigenvalue weighted by Crippen LogP contribution is -2.46. The lowest BCUT2D eigenvalue weighted by atomic mass is 9.87. The molecule has 3 atom stereocenters. The van der Waals surface area contributed by atoms with Gasteiger partial charge in [0.1, 0.15) is 6.04 Å². The van der Waals surface area contributed by atoms with Crippen LogP contribution < -0.4 is 11.1 Å². The highest BCUT2D eigenvalue weighted by Crippen LogP contribution is 2.21. The molecule has 0 aromatic carbocycles. The summed E-state index contributed by atoms with van der Waals surface area (Å²) in [4.78, 5) is 22.9. The molecule has 0 rings (SSSR count). The number of rotatable bonds is 7. The van der Waals surface area contributed by atoms with E-state index in [1.165, 1.54) is 0 Å². The summed E-state index contributed by atoms with van der Waals surface area (Å²) >= 11 is 0. The van der Waals surface area contributed by atoms with Crippen molar-refractivity contribution in [3.63, 3.8) is 0 Å². The van der Waals surface area contributed by atoms with Gasteiger partial charge in [-0.05, 0) is 17.8 Å². The summed E-state index contributed by atoms with van der Waals surface area (Å²) in [5.74, 6) is -1.38. The molecule has 1 amide bonds. The van der Waals surface area contributed by atoms with Crippen molar-refractivity contribution in [1.82, 2.24) is 5.32 Å². The highest BCUT2D eigenvalue weighted by atomic mass is 16.4. The average Bonchev–Trinajstić information content (AvgIpc) is 2.21. The normalized spacial score (nSPS) is 16.5. The maximum Gasteiger partial charge on any atom is 0.326 e. The SMILES string of the molecule is CCC(C)C(NC(=O)CC(N)CC(C)(C)C)C(=O)O. The topological polar surface area (TPSA) is 92.4 Å². The van der Waals surface area contributed by atoms with Gasteiger partial charge in [-0.15, -0.1) is 0 Å². The predicted octanol–water partition coefficient (Wildman–Crippen LogP) is 1.76. The molecule has 0 heterocycles. The van der Waals surface area contributed by atoms with Gasteiger partial charge in [0.25, 0.3) is 0 Å². The van der Waals surface area contributed by atoms with Crippen molar-refractivity contribution >= 4 is 11.9 Å². The Kier molecular flexibility index (Phi) is 7.05. The van der Waals surface area contributed by atoms with Crippen LogP contribution in [0.15, 0.2) is 0 Å². The van der Waals surface area contributed by atoms with Crippen LogP contribution in [-0.2, 0) is 9.59 Å². The van der Waals surface area contributed by atoms with Crippen LogP contribution in [0.1, 0.15) is 53.9 Å². The fraction of sp³-hybridized carbons (Fsp3) is 0.857. The average molecular weight is 272 g/mol. The van der Waals surface area contributed by atoms with Gasteiger partial charge in [0.15, 0.2) is 0 Å². The number of carbonyl (C=O) groups is 2. The minimum Gasteiger partial charge on any atom is -0.480 e. The van der Waals surface area contributed by atoms with E-state index in [-0.39, 0.29) is 29.7 Å². The van der Waals surface area contributed by atoms with E-state index in [9.17, 15) is 9.59 Å². The first kappa shape index (κ1) is 17.9. The Morgan fingerprint density at radius 1 is 1.32 bits per heavy atom. The first-order valence-electron chi connectivity index (χ1n) is 6.84. The number of nitrogens with one attached hydrogen (secondary N) is 1. The van der Waals surface area contributed by atoms with Crippen LogP contribution in [0.2, 0.25) is 0 Å². The van der Waals surface area contributed by atoms with E-state index in [1.54, 1.807) is 0 Å². The number of hydrogen-bond donors (Lipinski definition) is 3. The first-order valence-corrected chi connectivity index (χ1v) is 6.84. The first-order chi connectivity index (χ1) is 8.56. The zero-order valence-electron chi connectivity index (χ0n) is 12.7. The van der Waals surface area contributed by atoms with Crippen molar-refractivity contribution < 1.29 is 14.7 Å². The molecule has 0 spiro atoms. The van der Waals surface area contributed by atoms with Crippen LogP contribution in [0.4, 0.5) is 0 Å². The zero-order chi connectivity index (χ0) is 15.2. The molecular weight excluding hydrogens is 244 g/mol. The van der Waals surface area contributed by atoms with Crippen LogP contribution in [0.5, 0.6) is 0 Å². The van der Waals surface area contributed by atoms with Crippen LogP contribution >= 0.6 is 0 Å². The molecule has 0 aliphatic heterocycles. The number of hydrogen-bond acceptors (Lipinski definition) is 3. The number of carbonyl (C=O) groups excluding carboxylic acids is 1. The molecule has 0 radical (unpaired) electrons. The number of nitrogens with two attached hydrogens (primary N) is 1. The zero-order valence-corrected chi connectivity index (χ0v) is 12.7. The number of carboxylic acids is 1. The second-order valence-electron chi connectivity index (χ2n) is 6.50. The molecule has 5 heteroatoms. The van der Waals surface area contributed by atoms with Crippen molar-refractivity contribution in [1.29, 1.82) is 0 Å².